The molecule has 1 spiro atoms. The van der Waals surface area contributed by atoms with Crippen LogP contribution < -0.4 is 19.7 Å². The molecule has 1 aliphatic heterocycles. The van der Waals surface area contributed by atoms with E-state index in [1.54, 1.807) is 31.6 Å². The summed E-state index contributed by atoms with van der Waals surface area (Å²) in [5.41, 5.74) is 2.81. The smallest absolute Gasteiger partial charge is 0.387 e. The highest BCUT2D eigenvalue weighted by Gasteiger charge is 2.39. The van der Waals surface area contributed by atoms with Crippen molar-refractivity contribution in [3.63, 3.8) is 0 Å². The number of alkyl halides is 2. The lowest BCUT2D eigenvalue weighted by molar-refractivity contribution is -0.0498. The normalized spacial score (nSPS) is 16.9. The minimum absolute atomic E-state index is 0.105. The molecule has 2 aliphatic rings. The summed E-state index contributed by atoms with van der Waals surface area (Å²) < 4.78 is 34.7. The van der Waals surface area contributed by atoms with Gasteiger partial charge in [-0.05, 0) is 60.9 Å². The molecule has 2 fully saturated rings. The molecule has 0 bridgehead atoms. The summed E-state index contributed by atoms with van der Waals surface area (Å²) in [7, 11) is 1.55. The zero-order chi connectivity index (χ0) is 23.5. The summed E-state index contributed by atoms with van der Waals surface area (Å²) in [6.45, 7) is -0.893. The van der Waals surface area contributed by atoms with Crippen molar-refractivity contribution in [2.45, 2.75) is 38.7 Å². The van der Waals surface area contributed by atoms with Crippen molar-refractivity contribution in [1.82, 2.24) is 15.0 Å². The summed E-state index contributed by atoms with van der Waals surface area (Å²) in [5, 5.41) is 3.30. The average Bonchev–Trinajstić information content (AvgIpc) is 2.83. The number of ether oxygens (including phenoxy) is 2. The van der Waals surface area contributed by atoms with Crippen LogP contribution in [0.1, 0.15) is 32.1 Å². The number of halogens is 2. The zero-order valence-corrected chi connectivity index (χ0v) is 19.0. The summed E-state index contributed by atoms with van der Waals surface area (Å²) in [4.78, 5) is 15.9. The van der Waals surface area contributed by atoms with Gasteiger partial charge in [0.05, 0.1) is 7.11 Å². The van der Waals surface area contributed by atoms with Crippen LogP contribution in [0.5, 0.6) is 11.6 Å². The monoisotopic (exact) mass is 467 g/mol. The predicted octanol–water partition coefficient (Wildman–Crippen LogP) is 5.66. The molecule has 1 N–H and O–H groups in total. The zero-order valence-electron chi connectivity index (χ0n) is 19.0. The molecule has 5 rings (SSSR count). The van der Waals surface area contributed by atoms with E-state index in [-0.39, 0.29) is 5.75 Å². The molecular formula is C25H27F2N5O2. The Morgan fingerprint density at radius 2 is 1.76 bits per heavy atom. The van der Waals surface area contributed by atoms with Crippen LogP contribution >= 0.6 is 0 Å². The Hall–Kier alpha value is -3.49. The summed E-state index contributed by atoms with van der Waals surface area (Å²) in [6.07, 6.45) is 9.90. The van der Waals surface area contributed by atoms with Gasteiger partial charge in [0, 0.05) is 31.0 Å². The van der Waals surface area contributed by atoms with E-state index in [2.05, 4.69) is 24.9 Å². The third-order valence-corrected chi connectivity index (χ3v) is 6.88. The Kier molecular flexibility index (Phi) is 6.17. The van der Waals surface area contributed by atoms with Crippen LogP contribution in [0.15, 0.2) is 48.8 Å². The van der Waals surface area contributed by atoms with Crippen molar-refractivity contribution in [2.24, 2.45) is 5.41 Å². The van der Waals surface area contributed by atoms with Gasteiger partial charge in [-0.25, -0.2) is 9.97 Å². The number of benzene rings is 1. The number of hydrogen-bond acceptors (Lipinski definition) is 7. The lowest BCUT2D eigenvalue weighted by Gasteiger charge is -2.48. The van der Waals surface area contributed by atoms with Crippen LogP contribution in [0.3, 0.4) is 0 Å². The Balaban J connectivity index is 1.33. The van der Waals surface area contributed by atoms with Gasteiger partial charge in [0.2, 0.25) is 11.8 Å². The standard InChI is InChI=1S/C25H27F2N5O2/c1-33-22-20(15-18(16-29-22)17-3-5-19(6-4-17)34-23(26)27)30-21-7-12-28-24(31-21)32-13-10-25(11-14-32)8-2-9-25/h3-7,12,15-16,23H,2,8-11,13-14H2,1H3,(H,28,30,31). The van der Waals surface area contributed by atoms with E-state index in [0.717, 1.165) is 30.2 Å². The number of methoxy groups -OCH3 is 1. The van der Waals surface area contributed by atoms with Gasteiger partial charge in [-0.2, -0.15) is 13.8 Å². The van der Waals surface area contributed by atoms with Gasteiger partial charge in [0.15, 0.2) is 0 Å². The maximum atomic E-state index is 12.4. The third-order valence-electron chi connectivity index (χ3n) is 6.88. The van der Waals surface area contributed by atoms with E-state index in [9.17, 15) is 8.78 Å². The molecule has 0 unspecified atom stereocenters. The molecule has 9 heteroatoms. The van der Waals surface area contributed by atoms with E-state index in [1.807, 2.05) is 12.1 Å². The first-order chi connectivity index (χ1) is 16.5. The largest absolute Gasteiger partial charge is 0.480 e. The van der Waals surface area contributed by atoms with Crippen LogP contribution in [0.25, 0.3) is 11.1 Å². The number of nitrogens with one attached hydrogen (secondary N) is 1. The lowest BCUT2D eigenvalue weighted by Crippen LogP contribution is -2.44. The van der Waals surface area contributed by atoms with Gasteiger partial charge in [0.1, 0.15) is 17.3 Å². The Morgan fingerprint density at radius 1 is 1.00 bits per heavy atom. The topological polar surface area (TPSA) is 72.4 Å². The molecular weight excluding hydrogens is 440 g/mol. The van der Waals surface area contributed by atoms with Crippen molar-refractivity contribution in [3.8, 4) is 22.8 Å². The van der Waals surface area contributed by atoms with Crippen LogP contribution in [0, 0.1) is 5.41 Å². The molecule has 1 aromatic carbocycles. The number of hydrogen-bond donors (Lipinski definition) is 1. The second kappa shape index (κ2) is 9.40. The van der Waals surface area contributed by atoms with E-state index in [0.29, 0.717) is 22.8 Å². The molecule has 0 radical (unpaired) electrons. The van der Waals surface area contributed by atoms with Crippen LogP contribution in [0.4, 0.5) is 26.2 Å². The molecule has 7 nitrogen and oxygen atoms in total. The average molecular weight is 468 g/mol. The van der Waals surface area contributed by atoms with Gasteiger partial charge in [0.25, 0.3) is 0 Å². The van der Waals surface area contributed by atoms with Gasteiger partial charge >= 0.3 is 6.61 Å². The summed E-state index contributed by atoms with van der Waals surface area (Å²) >= 11 is 0. The van der Waals surface area contributed by atoms with Crippen molar-refractivity contribution in [1.29, 1.82) is 0 Å². The fourth-order valence-electron chi connectivity index (χ4n) is 4.76. The van der Waals surface area contributed by atoms with Gasteiger partial charge < -0.3 is 19.7 Å². The fraction of sp³-hybridized carbons (Fsp3) is 0.400. The van der Waals surface area contributed by atoms with Crippen molar-refractivity contribution in [3.05, 3.63) is 48.8 Å². The number of aromatic nitrogens is 3. The van der Waals surface area contributed by atoms with E-state index >= 15 is 0 Å². The molecule has 3 aromatic rings. The minimum atomic E-state index is -2.86. The summed E-state index contributed by atoms with van der Waals surface area (Å²) in [5.74, 6) is 1.89. The maximum Gasteiger partial charge on any atom is 0.387 e. The Morgan fingerprint density at radius 3 is 2.41 bits per heavy atom. The van der Waals surface area contributed by atoms with Crippen molar-refractivity contribution >= 4 is 17.5 Å². The van der Waals surface area contributed by atoms with Crippen LogP contribution in [-0.2, 0) is 0 Å². The second-order valence-corrected chi connectivity index (χ2v) is 8.89. The highest BCUT2D eigenvalue weighted by atomic mass is 19.3. The first kappa shape index (κ1) is 22.3. The van der Waals surface area contributed by atoms with Crippen molar-refractivity contribution < 1.29 is 18.3 Å². The molecule has 178 valence electrons. The van der Waals surface area contributed by atoms with Crippen LogP contribution in [0.2, 0.25) is 0 Å². The van der Waals surface area contributed by atoms with Gasteiger partial charge in [-0.3, -0.25) is 0 Å². The van der Waals surface area contributed by atoms with Gasteiger partial charge in [-0.15, -0.1) is 0 Å². The molecule has 34 heavy (non-hydrogen) atoms. The molecule has 2 aromatic heterocycles. The molecule has 1 saturated heterocycles. The maximum absolute atomic E-state index is 12.4. The second-order valence-electron chi connectivity index (χ2n) is 8.89. The quantitative estimate of drug-likeness (QED) is 0.480. The number of piperidine rings is 1. The highest BCUT2D eigenvalue weighted by Crippen LogP contribution is 2.49. The van der Waals surface area contributed by atoms with E-state index in [1.165, 1.54) is 44.2 Å². The fourth-order valence-corrected chi connectivity index (χ4v) is 4.76. The lowest BCUT2D eigenvalue weighted by atomic mass is 9.63. The molecule has 1 aliphatic carbocycles. The number of anilines is 3. The number of nitrogens with zero attached hydrogens (tertiary/aromatic N) is 4. The highest BCUT2D eigenvalue weighted by molar-refractivity contribution is 5.72. The van der Waals surface area contributed by atoms with Gasteiger partial charge in [-0.1, -0.05) is 18.6 Å². The SMILES string of the molecule is COc1ncc(-c2ccc(OC(F)F)cc2)cc1Nc1ccnc(N2CCC3(CCC3)CC2)n1. The minimum Gasteiger partial charge on any atom is -0.480 e. The third kappa shape index (κ3) is 4.73. The van der Waals surface area contributed by atoms with E-state index in [4.69, 9.17) is 9.72 Å². The summed E-state index contributed by atoms with van der Waals surface area (Å²) in [6, 6.07) is 10.1. The Labute approximate surface area is 197 Å². The predicted molar refractivity (Wildman–Crippen MR) is 126 cm³/mol. The molecule has 0 amide bonds. The number of pyridine rings is 1. The first-order valence-electron chi connectivity index (χ1n) is 11.5. The number of rotatable bonds is 7. The molecule has 1 saturated carbocycles. The van der Waals surface area contributed by atoms with E-state index < -0.39 is 6.61 Å². The van der Waals surface area contributed by atoms with Crippen LogP contribution in [-0.4, -0.2) is 41.8 Å². The molecule has 3 heterocycles. The Bertz CT molecular complexity index is 1130. The first-order valence-corrected chi connectivity index (χ1v) is 11.5. The molecule has 0 atom stereocenters. The van der Waals surface area contributed by atoms with Crippen molar-refractivity contribution in [2.75, 3.05) is 30.4 Å².